The van der Waals surface area contributed by atoms with Gasteiger partial charge in [0.1, 0.15) is 24.0 Å². The molecule has 0 bridgehead atoms. The molecule has 1 atom stereocenters. The number of ether oxygens (including phenoxy) is 2. The Labute approximate surface area is 207 Å². The second-order valence-electron chi connectivity index (χ2n) is 9.48. The van der Waals surface area contributed by atoms with E-state index < -0.39 is 18.8 Å². The van der Waals surface area contributed by atoms with Crippen molar-refractivity contribution in [2.75, 3.05) is 13.8 Å². The molecule has 1 heterocycles. The van der Waals surface area contributed by atoms with Crippen molar-refractivity contribution in [3.63, 3.8) is 0 Å². The van der Waals surface area contributed by atoms with Crippen molar-refractivity contribution in [1.82, 2.24) is 0 Å². The number of hydrogen-bond acceptors (Lipinski definition) is 2. The van der Waals surface area contributed by atoms with Gasteiger partial charge in [0.05, 0.1) is 24.9 Å². The molecule has 0 aromatic heterocycles. The van der Waals surface area contributed by atoms with E-state index in [4.69, 9.17) is 9.47 Å². The number of hydrogen-bond donors (Lipinski definition) is 0. The molecule has 2 aromatic rings. The average molecular weight is 495 g/mol. The number of rotatable bonds is 9. The molecule has 1 aliphatic carbocycles. The standard InChI is InChI=1S/C28H35F3O2.CH3F/c1-3-5-7-18-8-10-19(11-9-18)20-12-13-21-22-14-15-24(32-16-6-4-2)23(17-29)27(22)33-28(31)25(21)26(20)30;1-2/h12-15,18-19,28H,3-11,16-17H2,1-2H3;1H3. The van der Waals surface area contributed by atoms with Crippen molar-refractivity contribution >= 4 is 0 Å². The van der Waals surface area contributed by atoms with Crippen LogP contribution in [-0.4, -0.2) is 13.8 Å². The highest BCUT2D eigenvalue weighted by atomic mass is 19.2. The van der Waals surface area contributed by atoms with Crippen LogP contribution in [0.5, 0.6) is 11.5 Å². The first kappa shape index (κ1) is 27.3. The summed E-state index contributed by atoms with van der Waals surface area (Å²) >= 11 is 0. The summed E-state index contributed by atoms with van der Waals surface area (Å²) in [5, 5.41) is 0. The average Bonchev–Trinajstić information content (AvgIpc) is 2.89. The van der Waals surface area contributed by atoms with Crippen LogP contribution in [0, 0.1) is 11.7 Å². The SMILES string of the molecule is CCCCOc1ccc2c(c1CF)OC(F)c1c-2ccc(C2CCC(CCCC)CC2)c1F.CF. The zero-order valence-electron chi connectivity index (χ0n) is 21.1. The summed E-state index contributed by atoms with van der Waals surface area (Å²) in [4.78, 5) is 0. The van der Waals surface area contributed by atoms with Gasteiger partial charge in [0.2, 0.25) is 0 Å². The quantitative estimate of drug-likeness (QED) is 0.255. The molecule has 0 amide bonds. The molecule has 1 aliphatic heterocycles. The van der Waals surface area contributed by atoms with Crippen LogP contribution in [0.15, 0.2) is 24.3 Å². The van der Waals surface area contributed by atoms with Gasteiger partial charge in [-0.25, -0.2) is 8.78 Å². The Bertz CT molecular complexity index is 954. The van der Waals surface area contributed by atoms with E-state index in [-0.39, 0.29) is 22.8 Å². The molecule has 0 spiro atoms. The van der Waals surface area contributed by atoms with Gasteiger partial charge >= 0.3 is 0 Å². The van der Waals surface area contributed by atoms with Crippen LogP contribution >= 0.6 is 0 Å². The first-order chi connectivity index (χ1) is 17.1. The van der Waals surface area contributed by atoms with E-state index in [1.807, 2.05) is 6.92 Å². The third kappa shape index (κ3) is 5.95. The third-order valence-electron chi connectivity index (χ3n) is 7.31. The van der Waals surface area contributed by atoms with Crippen molar-refractivity contribution in [3.8, 4) is 22.6 Å². The molecule has 0 saturated heterocycles. The van der Waals surface area contributed by atoms with Crippen molar-refractivity contribution in [1.29, 1.82) is 0 Å². The van der Waals surface area contributed by atoms with Crippen molar-refractivity contribution in [3.05, 3.63) is 46.8 Å². The lowest BCUT2D eigenvalue weighted by molar-refractivity contribution is 0.0588. The minimum atomic E-state index is -1.97. The summed E-state index contributed by atoms with van der Waals surface area (Å²) in [7, 11) is 0.500. The van der Waals surface area contributed by atoms with Crippen LogP contribution in [0.1, 0.15) is 101 Å². The van der Waals surface area contributed by atoms with Crippen LogP contribution in [-0.2, 0) is 6.67 Å². The van der Waals surface area contributed by atoms with E-state index in [1.165, 1.54) is 19.3 Å². The lowest BCUT2D eigenvalue weighted by Gasteiger charge is -2.31. The Hall–Kier alpha value is -2.24. The van der Waals surface area contributed by atoms with Gasteiger partial charge in [0, 0.05) is 5.56 Å². The summed E-state index contributed by atoms with van der Waals surface area (Å²) < 4.78 is 65.4. The summed E-state index contributed by atoms with van der Waals surface area (Å²) in [6.45, 7) is 3.87. The molecule has 2 nitrogen and oxygen atoms in total. The first-order valence-corrected chi connectivity index (χ1v) is 12.9. The molecule has 0 radical (unpaired) electrons. The molecule has 1 fully saturated rings. The van der Waals surface area contributed by atoms with E-state index in [9.17, 15) is 8.78 Å². The van der Waals surface area contributed by atoms with Gasteiger partial charge in [-0.15, -0.1) is 0 Å². The molecule has 194 valence electrons. The number of benzene rings is 2. The van der Waals surface area contributed by atoms with E-state index in [0.29, 0.717) is 36.2 Å². The highest BCUT2D eigenvalue weighted by Gasteiger charge is 2.34. The van der Waals surface area contributed by atoms with Gasteiger partial charge in [0.15, 0.2) is 0 Å². The minimum absolute atomic E-state index is 0.0578. The fourth-order valence-corrected chi connectivity index (χ4v) is 5.34. The first-order valence-electron chi connectivity index (χ1n) is 12.9. The second-order valence-corrected chi connectivity index (χ2v) is 9.48. The van der Waals surface area contributed by atoms with E-state index >= 15 is 8.78 Å². The van der Waals surface area contributed by atoms with Crippen LogP contribution < -0.4 is 9.47 Å². The zero-order valence-corrected chi connectivity index (χ0v) is 21.1. The van der Waals surface area contributed by atoms with Crippen molar-refractivity contribution in [2.45, 2.75) is 90.6 Å². The number of halogens is 4. The number of fused-ring (bicyclic) bond motifs is 3. The predicted molar refractivity (Wildman–Crippen MR) is 133 cm³/mol. The van der Waals surface area contributed by atoms with E-state index in [1.54, 1.807) is 24.3 Å². The van der Waals surface area contributed by atoms with Gasteiger partial charge in [-0.2, -0.15) is 4.39 Å². The Morgan fingerprint density at radius 1 is 0.943 bits per heavy atom. The van der Waals surface area contributed by atoms with Crippen LogP contribution in [0.3, 0.4) is 0 Å². The Morgan fingerprint density at radius 2 is 1.63 bits per heavy atom. The predicted octanol–water partition coefficient (Wildman–Crippen LogP) is 9.55. The molecule has 4 rings (SSSR count). The second kappa shape index (κ2) is 13.2. The summed E-state index contributed by atoms with van der Waals surface area (Å²) in [5.41, 5.74) is 1.67. The van der Waals surface area contributed by atoms with Crippen molar-refractivity contribution < 1.29 is 27.0 Å². The summed E-state index contributed by atoms with van der Waals surface area (Å²) in [6.07, 6.45) is 7.58. The molecule has 35 heavy (non-hydrogen) atoms. The molecule has 6 heteroatoms. The summed E-state index contributed by atoms with van der Waals surface area (Å²) in [5.74, 6) is 0.802. The largest absolute Gasteiger partial charge is 0.493 e. The smallest absolute Gasteiger partial charge is 0.267 e. The Kier molecular flexibility index (Phi) is 10.3. The lowest BCUT2D eigenvalue weighted by atomic mass is 9.76. The normalized spacial score (nSPS) is 20.7. The topological polar surface area (TPSA) is 18.5 Å². The maximum atomic E-state index is 15.6. The van der Waals surface area contributed by atoms with Gasteiger partial charge in [-0.3, -0.25) is 4.39 Å². The van der Waals surface area contributed by atoms with Gasteiger partial charge in [-0.05, 0) is 67.2 Å². The Morgan fingerprint density at radius 3 is 2.29 bits per heavy atom. The number of unbranched alkanes of at least 4 members (excludes halogenated alkanes) is 2. The Balaban J connectivity index is 0.00000167. The molecule has 2 aromatic carbocycles. The van der Waals surface area contributed by atoms with Gasteiger partial charge in [0.25, 0.3) is 6.36 Å². The van der Waals surface area contributed by atoms with E-state index in [2.05, 4.69) is 6.92 Å². The van der Waals surface area contributed by atoms with E-state index in [0.717, 1.165) is 44.4 Å². The van der Waals surface area contributed by atoms with Gasteiger partial charge < -0.3 is 9.47 Å². The summed E-state index contributed by atoms with van der Waals surface area (Å²) in [6, 6.07) is 6.98. The number of alkyl halides is 3. The molecule has 2 aliphatic rings. The highest BCUT2D eigenvalue weighted by Crippen LogP contribution is 2.50. The fraction of sp³-hybridized carbons (Fsp3) is 0.586. The molecule has 1 saturated carbocycles. The van der Waals surface area contributed by atoms with Gasteiger partial charge in [-0.1, -0.05) is 51.7 Å². The maximum absolute atomic E-state index is 15.6. The van der Waals surface area contributed by atoms with Crippen LogP contribution in [0.2, 0.25) is 0 Å². The maximum Gasteiger partial charge on any atom is 0.267 e. The monoisotopic (exact) mass is 494 g/mol. The molecular weight excluding hydrogens is 456 g/mol. The lowest BCUT2D eigenvalue weighted by Crippen LogP contribution is -2.18. The van der Waals surface area contributed by atoms with Crippen LogP contribution in [0.25, 0.3) is 11.1 Å². The molecule has 1 unspecified atom stereocenters. The van der Waals surface area contributed by atoms with Crippen molar-refractivity contribution in [2.24, 2.45) is 5.92 Å². The molecule has 0 N–H and O–H groups in total. The zero-order chi connectivity index (χ0) is 25.4. The minimum Gasteiger partial charge on any atom is -0.493 e. The third-order valence-corrected chi connectivity index (χ3v) is 7.31. The molecular formula is C29H38F4O2. The fourth-order valence-electron chi connectivity index (χ4n) is 5.34. The highest BCUT2D eigenvalue weighted by molar-refractivity contribution is 5.79. The van der Waals surface area contributed by atoms with Crippen LogP contribution in [0.4, 0.5) is 17.6 Å².